The molecule has 0 atom stereocenters. The van der Waals surface area contributed by atoms with Crippen LogP contribution in [0.2, 0.25) is 0 Å². The van der Waals surface area contributed by atoms with Crippen LogP contribution in [0.25, 0.3) is 0 Å². The lowest BCUT2D eigenvalue weighted by atomic mass is 10.1. The molecule has 0 aromatic heterocycles. The largest absolute Gasteiger partial charge is 0.283 e. The van der Waals surface area contributed by atoms with Crippen molar-refractivity contribution < 1.29 is 9.13 Å². The van der Waals surface area contributed by atoms with E-state index in [9.17, 15) is 9.13 Å². The monoisotopic (exact) mass is 314 g/mol. The first-order valence-corrected chi connectivity index (χ1v) is 9.78. The van der Waals surface area contributed by atoms with E-state index in [2.05, 4.69) is 24.6 Å². The van der Waals surface area contributed by atoms with E-state index in [1.807, 2.05) is 41.5 Å². The van der Waals surface area contributed by atoms with Crippen molar-refractivity contribution in [3.05, 3.63) is 36.3 Å². The average molecular weight is 314 g/mol. The Bertz CT molecular complexity index is 528. The van der Waals surface area contributed by atoms with E-state index in [-0.39, 0.29) is 0 Å². The van der Waals surface area contributed by atoms with Crippen molar-refractivity contribution in [1.82, 2.24) is 8.88 Å². The summed E-state index contributed by atoms with van der Waals surface area (Å²) in [6.07, 6.45) is 0. The van der Waals surface area contributed by atoms with E-state index in [4.69, 9.17) is 0 Å². The molecule has 0 bridgehead atoms. The molecule has 0 radical (unpaired) electrons. The van der Waals surface area contributed by atoms with Crippen LogP contribution in [0.3, 0.4) is 0 Å². The highest BCUT2D eigenvalue weighted by molar-refractivity contribution is 7.91. The van der Waals surface area contributed by atoms with Crippen LogP contribution in [0.4, 0.5) is 0 Å². The Hall–Kier alpha value is -0.580. The quantitative estimate of drug-likeness (QED) is 0.520. The highest BCUT2D eigenvalue weighted by Gasteiger charge is 2.68. The molecule has 6 heteroatoms. The van der Waals surface area contributed by atoms with Crippen LogP contribution in [0.15, 0.2) is 36.3 Å². The fourth-order valence-electron chi connectivity index (χ4n) is 2.67. The number of hydrogen-bond acceptors (Lipinski definition) is 2. The highest BCUT2D eigenvalue weighted by atomic mass is 31.3. The molecule has 0 saturated carbocycles. The molecular formula is C14H24N2O2P2. The summed E-state index contributed by atoms with van der Waals surface area (Å²) in [5.41, 5.74) is 4.16. The van der Waals surface area contributed by atoms with Gasteiger partial charge in [-0.15, -0.1) is 11.5 Å². The zero-order valence-electron chi connectivity index (χ0n) is 13.2. The first kappa shape index (κ1) is 17.5. The normalized spacial score (nSPS) is 31.9. The van der Waals surface area contributed by atoms with Crippen LogP contribution in [0.5, 0.6) is 0 Å². The van der Waals surface area contributed by atoms with Gasteiger partial charge in [0, 0.05) is 22.7 Å². The molecule has 1 rings (SSSR count). The third-order valence-corrected chi connectivity index (χ3v) is 11.5. The van der Waals surface area contributed by atoms with E-state index in [0.717, 1.165) is 0 Å². The van der Waals surface area contributed by atoms with Crippen molar-refractivity contribution in [2.75, 3.05) is 0 Å². The van der Waals surface area contributed by atoms with Crippen LogP contribution in [0.1, 0.15) is 41.5 Å². The molecule has 0 aromatic carbocycles. The van der Waals surface area contributed by atoms with Crippen molar-refractivity contribution in [3.63, 3.8) is 0 Å². The second kappa shape index (κ2) is 5.00. The Labute approximate surface area is 122 Å². The predicted molar refractivity (Wildman–Crippen MR) is 85.8 cm³/mol. The van der Waals surface area contributed by atoms with E-state index < -0.39 is 26.0 Å². The van der Waals surface area contributed by atoms with E-state index in [1.54, 1.807) is 8.88 Å². The van der Waals surface area contributed by atoms with Crippen molar-refractivity contribution >= 4 is 14.9 Å². The molecule has 112 valence electrons. The smallest absolute Gasteiger partial charge is 0.261 e. The van der Waals surface area contributed by atoms with Crippen LogP contribution >= 0.6 is 14.9 Å². The Morgan fingerprint density at radius 1 is 0.800 bits per heavy atom. The molecular weight excluding hydrogens is 290 g/mol. The van der Waals surface area contributed by atoms with Gasteiger partial charge in [0.25, 0.3) is 14.9 Å². The third kappa shape index (κ3) is 2.49. The summed E-state index contributed by atoms with van der Waals surface area (Å²) >= 11 is 0. The van der Waals surface area contributed by atoms with Crippen LogP contribution < -0.4 is 0 Å². The van der Waals surface area contributed by atoms with Crippen molar-refractivity contribution in [1.29, 1.82) is 0 Å². The SMILES string of the molecule is C=C=CP1(=O)N(C(C)(C)C)P(=O)(C=C=C)N1C(C)(C)C. The Balaban J connectivity index is 3.66. The number of rotatable bonds is 2. The molecule has 0 aromatic rings. The zero-order chi connectivity index (χ0) is 16.0. The maximum atomic E-state index is 13.4. The maximum absolute atomic E-state index is 13.4. The molecule has 4 nitrogen and oxygen atoms in total. The first-order valence-electron chi connectivity index (χ1n) is 6.41. The van der Waals surface area contributed by atoms with Gasteiger partial charge in [-0.25, -0.2) is 0 Å². The molecule has 0 amide bonds. The lowest BCUT2D eigenvalue weighted by Crippen LogP contribution is -2.55. The lowest BCUT2D eigenvalue weighted by Gasteiger charge is -2.61. The summed E-state index contributed by atoms with van der Waals surface area (Å²) in [6.45, 7) is 18.4. The van der Waals surface area contributed by atoms with Crippen molar-refractivity contribution in [2.45, 2.75) is 52.6 Å². The van der Waals surface area contributed by atoms with E-state index in [0.29, 0.717) is 0 Å². The molecule has 0 unspecified atom stereocenters. The summed E-state index contributed by atoms with van der Waals surface area (Å²) in [7, 11) is -6.20. The van der Waals surface area contributed by atoms with Crippen molar-refractivity contribution in [2.24, 2.45) is 0 Å². The highest BCUT2D eigenvalue weighted by Crippen LogP contribution is 2.90. The molecule has 1 aliphatic rings. The molecule has 1 saturated heterocycles. The van der Waals surface area contributed by atoms with Gasteiger partial charge >= 0.3 is 0 Å². The first-order chi connectivity index (χ1) is 8.85. The molecule has 0 N–H and O–H groups in total. The van der Waals surface area contributed by atoms with Gasteiger partial charge in [0.1, 0.15) is 0 Å². The number of nitrogens with zero attached hydrogens (tertiary/aromatic N) is 2. The minimum absolute atomic E-state index is 0.520. The lowest BCUT2D eigenvalue weighted by molar-refractivity contribution is 0.235. The van der Waals surface area contributed by atoms with Gasteiger partial charge in [-0.05, 0) is 41.5 Å². The van der Waals surface area contributed by atoms with Crippen LogP contribution in [0, 0.1) is 0 Å². The van der Waals surface area contributed by atoms with Gasteiger partial charge in [0.2, 0.25) is 0 Å². The van der Waals surface area contributed by atoms with Gasteiger partial charge in [-0.3, -0.25) is 9.13 Å². The Kier molecular flexibility index (Phi) is 4.37. The van der Waals surface area contributed by atoms with Crippen LogP contribution in [-0.2, 0) is 9.13 Å². The van der Waals surface area contributed by atoms with Gasteiger partial charge in [0.05, 0.1) is 0 Å². The second-order valence-corrected chi connectivity index (χ2v) is 11.9. The minimum Gasteiger partial charge on any atom is -0.283 e. The minimum atomic E-state index is -3.10. The Morgan fingerprint density at radius 2 is 1.05 bits per heavy atom. The van der Waals surface area contributed by atoms with Gasteiger partial charge in [-0.2, -0.15) is 8.88 Å². The molecule has 1 aliphatic heterocycles. The predicted octanol–water partition coefficient (Wildman–Crippen LogP) is 5.18. The summed E-state index contributed by atoms with van der Waals surface area (Å²) < 4.78 is 29.9. The average Bonchev–Trinajstić information content (AvgIpc) is 2.10. The summed E-state index contributed by atoms with van der Waals surface area (Å²) in [5, 5.41) is 0. The maximum Gasteiger partial charge on any atom is 0.261 e. The number of hydrogen-bond donors (Lipinski definition) is 0. The molecule has 0 spiro atoms. The standard InChI is InChI=1S/C14H24N2O2P2/c1-9-11-19(17)15(13(3,4)5)20(18,12-10-2)16(19)14(6,7)8/h11-12H,1-2H2,3-8H3. The third-order valence-electron chi connectivity index (χ3n) is 2.80. The van der Waals surface area contributed by atoms with E-state index in [1.165, 1.54) is 11.6 Å². The summed E-state index contributed by atoms with van der Waals surface area (Å²) in [5.74, 6) is 2.88. The summed E-state index contributed by atoms with van der Waals surface area (Å²) in [4.78, 5) is 0. The molecule has 1 fully saturated rings. The Morgan fingerprint density at radius 3 is 1.20 bits per heavy atom. The second-order valence-electron chi connectivity index (χ2n) is 6.77. The van der Waals surface area contributed by atoms with E-state index >= 15 is 0 Å². The van der Waals surface area contributed by atoms with Crippen LogP contribution in [-0.4, -0.2) is 20.0 Å². The fourth-order valence-corrected chi connectivity index (χ4v) is 11.3. The molecule has 0 aliphatic carbocycles. The van der Waals surface area contributed by atoms with Crippen molar-refractivity contribution in [3.8, 4) is 0 Å². The topological polar surface area (TPSA) is 40.6 Å². The zero-order valence-corrected chi connectivity index (χ0v) is 15.0. The van der Waals surface area contributed by atoms with Gasteiger partial charge in [0.15, 0.2) is 0 Å². The van der Waals surface area contributed by atoms with Gasteiger partial charge < -0.3 is 0 Å². The van der Waals surface area contributed by atoms with Gasteiger partial charge in [-0.1, -0.05) is 13.2 Å². The molecule has 20 heavy (non-hydrogen) atoms. The molecule has 1 heterocycles. The summed E-state index contributed by atoms with van der Waals surface area (Å²) in [6, 6.07) is 0. The fraction of sp³-hybridized carbons (Fsp3) is 0.571.